The van der Waals surface area contributed by atoms with E-state index in [-0.39, 0.29) is 23.8 Å². The van der Waals surface area contributed by atoms with Crippen molar-refractivity contribution < 1.29 is 14.3 Å². The Morgan fingerprint density at radius 3 is 2.57 bits per heavy atom. The SMILES string of the molecule is CC(C)CC(=O)N1Cc2ccccc2CC1C(=O)NCc1cccnc1OC(C)C. The largest absolute Gasteiger partial charge is 0.475 e. The van der Waals surface area contributed by atoms with E-state index in [4.69, 9.17) is 4.74 Å². The van der Waals surface area contributed by atoms with Crippen molar-refractivity contribution >= 4 is 11.8 Å². The number of nitrogens with zero attached hydrogens (tertiary/aromatic N) is 2. The molecule has 3 rings (SSSR count). The van der Waals surface area contributed by atoms with Crippen molar-refractivity contribution in [1.29, 1.82) is 0 Å². The van der Waals surface area contributed by atoms with E-state index in [1.165, 1.54) is 0 Å². The third-order valence-corrected chi connectivity index (χ3v) is 5.10. The molecule has 2 heterocycles. The summed E-state index contributed by atoms with van der Waals surface area (Å²) in [7, 11) is 0. The molecule has 0 aliphatic carbocycles. The number of carbonyl (C=O) groups is 2. The fourth-order valence-corrected chi connectivity index (χ4v) is 3.67. The molecule has 1 aliphatic rings. The van der Waals surface area contributed by atoms with Crippen LogP contribution in [-0.4, -0.2) is 33.8 Å². The van der Waals surface area contributed by atoms with E-state index in [0.29, 0.717) is 31.8 Å². The van der Waals surface area contributed by atoms with Crippen molar-refractivity contribution in [2.75, 3.05) is 0 Å². The van der Waals surface area contributed by atoms with Gasteiger partial charge >= 0.3 is 0 Å². The maximum Gasteiger partial charge on any atom is 0.243 e. The Kier molecular flexibility index (Phi) is 7.08. The predicted octanol–water partition coefficient (Wildman–Crippen LogP) is 3.48. The summed E-state index contributed by atoms with van der Waals surface area (Å²) in [5.41, 5.74) is 3.05. The summed E-state index contributed by atoms with van der Waals surface area (Å²) in [6, 6.07) is 11.2. The van der Waals surface area contributed by atoms with Gasteiger partial charge in [-0.25, -0.2) is 4.98 Å². The van der Waals surface area contributed by atoms with Crippen molar-refractivity contribution in [3.63, 3.8) is 0 Å². The zero-order valence-corrected chi connectivity index (χ0v) is 18.2. The zero-order chi connectivity index (χ0) is 21.7. The molecular weight excluding hydrogens is 378 g/mol. The van der Waals surface area contributed by atoms with Crippen LogP contribution in [0.25, 0.3) is 0 Å². The lowest BCUT2D eigenvalue weighted by Crippen LogP contribution is -2.52. The molecule has 0 radical (unpaired) electrons. The maximum atomic E-state index is 13.1. The first-order valence-corrected chi connectivity index (χ1v) is 10.6. The van der Waals surface area contributed by atoms with Crippen LogP contribution in [-0.2, 0) is 29.1 Å². The number of fused-ring (bicyclic) bond motifs is 1. The topological polar surface area (TPSA) is 71.5 Å². The van der Waals surface area contributed by atoms with Crippen LogP contribution in [0.4, 0.5) is 0 Å². The van der Waals surface area contributed by atoms with E-state index in [9.17, 15) is 9.59 Å². The maximum absolute atomic E-state index is 13.1. The summed E-state index contributed by atoms with van der Waals surface area (Å²) in [6.45, 7) is 8.68. The first-order valence-electron chi connectivity index (χ1n) is 10.6. The van der Waals surface area contributed by atoms with Gasteiger partial charge in [0.1, 0.15) is 6.04 Å². The van der Waals surface area contributed by atoms with Gasteiger partial charge in [-0.15, -0.1) is 0 Å². The van der Waals surface area contributed by atoms with Crippen LogP contribution >= 0.6 is 0 Å². The van der Waals surface area contributed by atoms with E-state index in [1.54, 1.807) is 11.1 Å². The molecule has 0 spiro atoms. The lowest BCUT2D eigenvalue weighted by atomic mass is 9.92. The molecule has 0 fully saturated rings. The molecule has 1 atom stereocenters. The average Bonchev–Trinajstić information content (AvgIpc) is 2.71. The van der Waals surface area contributed by atoms with E-state index >= 15 is 0 Å². The Hall–Kier alpha value is -2.89. The Balaban J connectivity index is 1.76. The van der Waals surface area contributed by atoms with E-state index < -0.39 is 6.04 Å². The molecule has 1 N–H and O–H groups in total. The molecule has 1 unspecified atom stereocenters. The molecule has 1 aliphatic heterocycles. The van der Waals surface area contributed by atoms with Gasteiger partial charge in [0.25, 0.3) is 0 Å². The number of hydrogen-bond acceptors (Lipinski definition) is 4. The molecule has 2 amide bonds. The van der Waals surface area contributed by atoms with Crippen molar-refractivity contribution in [2.45, 2.75) is 65.8 Å². The Bertz CT molecular complexity index is 895. The normalized spacial score (nSPS) is 15.8. The number of pyridine rings is 1. The van der Waals surface area contributed by atoms with E-state index in [0.717, 1.165) is 16.7 Å². The summed E-state index contributed by atoms with van der Waals surface area (Å²) >= 11 is 0. The number of hydrogen-bond donors (Lipinski definition) is 1. The van der Waals surface area contributed by atoms with Crippen molar-refractivity contribution in [3.8, 4) is 5.88 Å². The molecular formula is C24H31N3O3. The van der Waals surface area contributed by atoms with Crippen LogP contribution in [0.5, 0.6) is 5.88 Å². The highest BCUT2D eigenvalue weighted by molar-refractivity contribution is 5.88. The zero-order valence-electron chi connectivity index (χ0n) is 18.2. The molecule has 0 saturated carbocycles. The highest BCUT2D eigenvalue weighted by atomic mass is 16.5. The van der Waals surface area contributed by atoms with E-state index in [1.807, 2.05) is 64.1 Å². The number of benzene rings is 1. The highest BCUT2D eigenvalue weighted by Crippen LogP contribution is 2.25. The van der Waals surface area contributed by atoms with Gasteiger partial charge in [0.15, 0.2) is 0 Å². The van der Waals surface area contributed by atoms with Crippen LogP contribution in [0.15, 0.2) is 42.6 Å². The fraction of sp³-hybridized carbons (Fsp3) is 0.458. The van der Waals surface area contributed by atoms with Gasteiger partial charge in [-0.3, -0.25) is 9.59 Å². The molecule has 30 heavy (non-hydrogen) atoms. The van der Waals surface area contributed by atoms with Gasteiger partial charge in [-0.2, -0.15) is 0 Å². The molecule has 160 valence electrons. The molecule has 0 saturated heterocycles. The third kappa shape index (κ3) is 5.38. The summed E-state index contributed by atoms with van der Waals surface area (Å²) in [6.07, 6.45) is 2.62. The third-order valence-electron chi connectivity index (χ3n) is 5.10. The minimum absolute atomic E-state index is 0.00616. The number of amides is 2. The highest BCUT2D eigenvalue weighted by Gasteiger charge is 2.34. The minimum Gasteiger partial charge on any atom is -0.475 e. The lowest BCUT2D eigenvalue weighted by Gasteiger charge is -2.36. The Morgan fingerprint density at radius 1 is 1.13 bits per heavy atom. The van der Waals surface area contributed by atoms with Crippen LogP contribution < -0.4 is 10.1 Å². The van der Waals surface area contributed by atoms with Crippen molar-refractivity contribution in [1.82, 2.24) is 15.2 Å². The fourth-order valence-electron chi connectivity index (χ4n) is 3.67. The van der Waals surface area contributed by atoms with Gasteiger partial charge in [-0.05, 0) is 37.0 Å². The van der Waals surface area contributed by atoms with Gasteiger partial charge in [0.2, 0.25) is 17.7 Å². The van der Waals surface area contributed by atoms with Gasteiger partial charge < -0.3 is 15.0 Å². The summed E-state index contributed by atoms with van der Waals surface area (Å²) in [5.74, 6) is 0.630. The van der Waals surface area contributed by atoms with Crippen LogP contribution in [0.1, 0.15) is 50.8 Å². The second-order valence-electron chi connectivity index (χ2n) is 8.46. The summed E-state index contributed by atoms with van der Waals surface area (Å²) in [5, 5.41) is 3.00. The minimum atomic E-state index is -0.516. The number of nitrogens with one attached hydrogen (secondary N) is 1. The molecule has 1 aromatic heterocycles. The quantitative estimate of drug-likeness (QED) is 0.760. The number of rotatable bonds is 7. The van der Waals surface area contributed by atoms with Gasteiger partial charge in [0.05, 0.1) is 6.10 Å². The predicted molar refractivity (Wildman–Crippen MR) is 116 cm³/mol. The van der Waals surface area contributed by atoms with Crippen LogP contribution in [0, 0.1) is 5.92 Å². The summed E-state index contributed by atoms with van der Waals surface area (Å²) < 4.78 is 5.75. The molecule has 2 aromatic rings. The first-order chi connectivity index (χ1) is 14.3. The monoisotopic (exact) mass is 409 g/mol. The van der Waals surface area contributed by atoms with Crippen molar-refractivity contribution in [3.05, 3.63) is 59.3 Å². The Labute approximate surface area is 178 Å². The number of carbonyl (C=O) groups excluding carboxylic acids is 2. The van der Waals surface area contributed by atoms with Crippen LogP contribution in [0.3, 0.4) is 0 Å². The first kappa shape index (κ1) is 21.8. The molecule has 1 aromatic carbocycles. The second-order valence-corrected chi connectivity index (χ2v) is 8.46. The second kappa shape index (κ2) is 9.74. The van der Waals surface area contributed by atoms with Crippen LogP contribution in [0.2, 0.25) is 0 Å². The number of aromatic nitrogens is 1. The standard InChI is InChI=1S/C24H31N3O3/c1-16(2)12-22(28)27-15-20-9-6-5-8-18(20)13-21(27)23(29)26-14-19-10-7-11-25-24(19)30-17(3)4/h5-11,16-17,21H,12-15H2,1-4H3,(H,26,29). The lowest BCUT2D eigenvalue weighted by molar-refractivity contribution is -0.142. The van der Waals surface area contributed by atoms with Crippen molar-refractivity contribution in [2.24, 2.45) is 5.92 Å². The van der Waals surface area contributed by atoms with Gasteiger partial charge in [0, 0.05) is 37.7 Å². The Morgan fingerprint density at radius 2 is 1.87 bits per heavy atom. The molecule has 0 bridgehead atoms. The average molecular weight is 410 g/mol. The molecule has 6 heteroatoms. The smallest absolute Gasteiger partial charge is 0.243 e. The van der Waals surface area contributed by atoms with Gasteiger partial charge in [-0.1, -0.05) is 44.2 Å². The summed E-state index contributed by atoms with van der Waals surface area (Å²) in [4.78, 5) is 32.1. The van der Waals surface area contributed by atoms with E-state index in [2.05, 4.69) is 10.3 Å². The number of ether oxygens (including phenoxy) is 1. The molecule has 6 nitrogen and oxygen atoms in total.